The molecule has 0 atom stereocenters. The Morgan fingerprint density at radius 3 is 2.04 bits per heavy atom. The number of amides is 2. The van der Waals surface area contributed by atoms with Crippen LogP contribution in [0.1, 0.15) is 20.7 Å². The Hall–Kier alpha value is -2.98. The number of carbonyl (C=O) groups excluding carboxylic acids is 2. The molecule has 0 N–H and O–H groups in total. The highest BCUT2D eigenvalue weighted by molar-refractivity contribution is 7.25. The lowest BCUT2D eigenvalue weighted by Gasteiger charge is -2.13. The van der Waals surface area contributed by atoms with E-state index in [1.54, 1.807) is 35.6 Å². The summed E-state index contributed by atoms with van der Waals surface area (Å²) in [4.78, 5) is 26.5. The van der Waals surface area contributed by atoms with Crippen LogP contribution in [0, 0.1) is 0 Å². The second-order valence-corrected chi connectivity index (χ2v) is 6.85. The Morgan fingerprint density at radius 2 is 1.29 bits per heavy atom. The molecule has 0 unspecified atom stereocenters. The number of rotatable bonds is 1. The lowest BCUT2D eigenvalue weighted by Crippen LogP contribution is -2.29. The number of fused-ring (bicyclic) bond motifs is 4. The molecule has 1 aliphatic rings. The van der Waals surface area contributed by atoms with Gasteiger partial charge in [0.15, 0.2) is 0 Å². The van der Waals surface area contributed by atoms with E-state index in [0.717, 1.165) is 10.1 Å². The van der Waals surface area contributed by atoms with Gasteiger partial charge in [-0.1, -0.05) is 36.4 Å². The zero-order chi connectivity index (χ0) is 16.3. The number of imide groups is 1. The molecule has 1 aliphatic heterocycles. The molecule has 24 heavy (non-hydrogen) atoms. The molecule has 0 bridgehead atoms. The molecular weight excluding hydrogens is 318 g/mol. The fourth-order valence-corrected chi connectivity index (χ4v) is 4.42. The number of carbonyl (C=O) groups is 2. The molecule has 0 aliphatic carbocycles. The first-order valence-corrected chi connectivity index (χ1v) is 8.45. The Bertz CT molecular complexity index is 1120. The van der Waals surface area contributed by atoms with Crippen molar-refractivity contribution in [2.75, 3.05) is 4.90 Å². The van der Waals surface area contributed by atoms with Crippen LogP contribution >= 0.6 is 11.3 Å². The summed E-state index contributed by atoms with van der Waals surface area (Å²) in [6.45, 7) is 0. The maximum absolute atomic E-state index is 12.6. The molecule has 2 amide bonds. The molecule has 0 saturated carbocycles. The van der Waals surface area contributed by atoms with Gasteiger partial charge in [-0.05, 0) is 30.3 Å². The highest BCUT2D eigenvalue weighted by atomic mass is 32.1. The normalized spacial score (nSPS) is 13.9. The minimum absolute atomic E-state index is 0.254. The van der Waals surface area contributed by atoms with Crippen LogP contribution < -0.4 is 4.90 Å². The van der Waals surface area contributed by atoms with Crippen molar-refractivity contribution in [2.24, 2.45) is 0 Å². The second-order valence-electron chi connectivity index (χ2n) is 5.77. The van der Waals surface area contributed by atoms with E-state index in [1.807, 2.05) is 30.3 Å². The summed E-state index contributed by atoms with van der Waals surface area (Å²) in [6.07, 6.45) is 0. The SMILES string of the molecule is O=C1c2ccccc2C(=O)N1c1ccc2c(c1)sc1ccccc12. The predicted octanol–water partition coefficient (Wildman–Crippen LogP) is 4.86. The van der Waals surface area contributed by atoms with Crippen LogP contribution in [0.2, 0.25) is 0 Å². The highest BCUT2D eigenvalue weighted by Crippen LogP contribution is 2.37. The Kier molecular flexibility index (Phi) is 2.67. The number of hydrogen-bond acceptors (Lipinski definition) is 3. The maximum atomic E-state index is 12.6. The smallest absolute Gasteiger partial charge is 0.266 e. The van der Waals surface area contributed by atoms with E-state index in [-0.39, 0.29) is 11.8 Å². The van der Waals surface area contributed by atoms with E-state index < -0.39 is 0 Å². The molecule has 4 aromatic rings. The average Bonchev–Trinajstić information content (AvgIpc) is 3.10. The maximum Gasteiger partial charge on any atom is 0.266 e. The van der Waals surface area contributed by atoms with Gasteiger partial charge < -0.3 is 0 Å². The van der Waals surface area contributed by atoms with E-state index in [0.29, 0.717) is 16.8 Å². The van der Waals surface area contributed by atoms with Gasteiger partial charge in [0, 0.05) is 20.2 Å². The van der Waals surface area contributed by atoms with Gasteiger partial charge in [-0.3, -0.25) is 9.59 Å². The Morgan fingerprint density at radius 1 is 0.667 bits per heavy atom. The first-order chi connectivity index (χ1) is 11.7. The van der Waals surface area contributed by atoms with Crippen molar-refractivity contribution >= 4 is 49.0 Å². The summed E-state index contributed by atoms with van der Waals surface area (Å²) in [7, 11) is 0. The molecule has 3 aromatic carbocycles. The molecule has 114 valence electrons. The van der Waals surface area contributed by atoms with Gasteiger partial charge in [-0.15, -0.1) is 11.3 Å². The van der Waals surface area contributed by atoms with Crippen LogP contribution in [0.4, 0.5) is 5.69 Å². The number of anilines is 1. The number of nitrogens with zero attached hydrogens (tertiary/aromatic N) is 1. The second kappa shape index (κ2) is 4.76. The fraction of sp³-hybridized carbons (Fsp3) is 0. The van der Waals surface area contributed by atoms with E-state index in [1.165, 1.54) is 15.0 Å². The van der Waals surface area contributed by atoms with Gasteiger partial charge >= 0.3 is 0 Å². The largest absolute Gasteiger partial charge is 0.268 e. The molecule has 0 saturated heterocycles. The third-order valence-corrected chi connectivity index (χ3v) is 5.55. The van der Waals surface area contributed by atoms with E-state index in [2.05, 4.69) is 12.1 Å². The monoisotopic (exact) mass is 329 g/mol. The standard InChI is InChI=1S/C20H11NO2S/c22-19-15-6-1-2-7-16(15)20(23)21(19)12-9-10-14-13-5-3-4-8-17(13)24-18(14)11-12/h1-11H. The van der Waals surface area contributed by atoms with Gasteiger partial charge in [-0.2, -0.15) is 0 Å². The third kappa shape index (κ3) is 1.71. The average molecular weight is 329 g/mol. The summed E-state index contributed by atoms with van der Waals surface area (Å²) in [5.41, 5.74) is 1.57. The highest BCUT2D eigenvalue weighted by Gasteiger charge is 2.36. The van der Waals surface area contributed by atoms with Crippen LogP contribution in [-0.2, 0) is 0 Å². The first-order valence-electron chi connectivity index (χ1n) is 7.63. The van der Waals surface area contributed by atoms with Gasteiger partial charge in [0.1, 0.15) is 0 Å². The molecule has 0 spiro atoms. The van der Waals surface area contributed by atoms with Crippen molar-refractivity contribution in [1.29, 1.82) is 0 Å². The molecule has 0 fully saturated rings. The van der Waals surface area contributed by atoms with Gasteiger partial charge in [0.25, 0.3) is 11.8 Å². The van der Waals surface area contributed by atoms with Crippen LogP contribution in [0.3, 0.4) is 0 Å². The van der Waals surface area contributed by atoms with Crippen LogP contribution in [0.5, 0.6) is 0 Å². The van der Waals surface area contributed by atoms with Crippen LogP contribution in [0.25, 0.3) is 20.2 Å². The zero-order valence-corrected chi connectivity index (χ0v) is 13.3. The molecule has 0 radical (unpaired) electrons. The quantitative estimate of drug-likeness (QED) is 0.468. The van der Waals surface area contributed by atoms with Crippen molar-refractivity contribution in [2.45, 2.75) is 0 Å². The van der Waals surface area contributed by atoms with Gasteiger partial charge in [-0.25, -0.2) is 4.90 Å². The summed E-state index contributed by atoms with van der Waals surface area (Å²) >= 11 is 1.67. The summed E-state index contributed by atoms with van der Waals surface area (Å²) in [6, 6.07) is 21.0. The summed E-state index contributed by atoms with van der Waals surface area (Å²) in [5.74, 6) is -0.507. The van der Waals surface area contributed by atoms with E-state index >= 15 is 0 Å². The topological polar surface area (TPSA) is 37.4 Å². The number of benzene rings is 3. The molecule has 2 heterocycles. The van der Waals surface area contributed by atoms with E-state index in [9.17, 15) is 9.59 Å². The fourth-order valence-electron chi connectivity index (χ4n) is 3.28. The first kappa shape index (κ1) is 13.5. The predicted molar refractivity (Wildman–Crippen MR) is 96.9 cm³/mol. The van der Waals surface area contributed by atoms with Crippen molar-refractivity contribution < 1.29 is 9.59 Å². The molecule has 3 nitrogen and oxygen atoms in total. The minimum Gasteiger partial charge on any atom is -0.268 e. The van der Waals surface area contributed by atoms with Gasteiger partial charge in [0.05, 0.1) is 16.8 Å². The summed E-state index contributed by atoms with van der Waals surface area (Å²) < 4.78 is 2.28. The molecular formula is C20H11NO2S. The molecule has 5 rings (SSSR count). The minimum atomic E-state index is -0.254. The molecule has 4 heteroatoms. The van der Waals surface area contributed by atoms with Crippen molar-refractivity contribution in [1.82, 2.24) is 0 Å². The number of hydrogen-bond donors (Lipinski definition) is 0. The van der Waals surface area contributed by atoms with Crippen molar-refractivity contribution in [3.8, 4) is 0 Å². The number of thiophene rings is 1. The summed E-state index contributed by atoms with van der Waals surface area (Å²) in [5, 5.41) is 2.35. The van der Waals surface area contributed by atoms with E-state index in [4.69, 9.17) is 0 Å². The Labute approximate surface area is 141 Å². The lowest BCUT2D eigenvalue weighted by molar-refractivity contribution is 0.0926. The van der Waals surface area contributed by atoms with Crippen molar-refractivity contribution in [3.63, 3.8) is 0 Å². The van der Waals surface area contributed by atoms with Crippen LogP contribution in [0.15, 0.2) is 66.7 Å². The molecule has 1 aromatic heterocycles. The van der Waals surface area contributed by atoms with Gasteiger partial charge in [0.2, 0.25) is 0 Å². The third-order valence-electron chi connectivity index (χ3n) is 4.41. The Balaban J connectivity index is 1.69. The lowest BCUT2D eigenvalue weighted by atomic mass is 10.1. The zero-order valence-electron chi connectivity index (χ0n) is 12.5. The van der Waals surface area contributed by atoms with Crippen molar-refractivity contribution in [3.05, 3.63) is 77.9 Å². The van der Waals surface area contributed by atoms with Crippen LogP contribution in [-0.4, -0.2) is 11.8 Å².